The van der Waals surface area contributed by atoms with Crippen LogP contribution in [0.25, 0.3) is 11.3 Å². The van der Waals surface area contributed by atoms with Crippen molar-refractivity contribution in [2.75, 3.05) is 4.72 Å². The maximum Gasteiger partial charge on any atom is 0.237 e. The minimum absolute atomic E-state index is 0.250. The molecule has 0 spiro atoms. The van der Waals surface area contributed by atoms with Crippen molar-refractivity contribution >= 4 is 28.5 Å². The van der Waals surface area contributed by atoms with Crippen molar-refractivity contribution in [3.05, 3.63) is 52.9 Å². The van der Waals surface area contributed by atoms with Crippen LogP contribution < -0.4 is 4.72 Å². The number of rotatable bonds is 5. The Kier molecular flexibility index (Phi) is 4.50. The Morgan fingerprint density at radius 2 is 2.04 bits per heavy atom. The van der Waals surface area contributed by atoms with Gasteiger partial charge >= 0.3 is 0 Å². The molecule has 1 unspecified atom stereocenters. The molecular weight excluding hydrogens is 370 g/mol. The Balaban J connectivity index is 1.75. The van der Waals surface area contributed by atoms with Crippen molar-refractivity contribution < 1.29 is 4.21 Å². The van der Waals surface area contributed by atoms with Crippen molar-refractivity contribution in [3.8, 4) is 11.3 Å². The summed E-state index contributed by atoms with van der Waals surface area (Å²) in [5.41, 5.74) is 3.94. The number of nitrogens with one attached hydrogen (secondary N) is 1. The molecule has 1 aromatic carbocycles. The molecule has 1 saturated carbocycles. The van der Waals surface area contributed by atoms with Gasteiger partial charge in [-0.3, -0.25) is 9.40 Å². The fourth-order valence-electron chi connectivity index (χ4n) is 2.90. The van der Waals surface area contributed by atoms with Crippen LogP contribution >= 0.6 is 11.6 Å². The molecule has 0 radical (unpaired) electrons. The van der Waals surface area contributed by atoms with Crippen LogP contribution in [0.5, 0.6) is 0 Å². The SMILES string of the molecule is Cc1ccccc1-c1nc(NS(=O)c2cnn(C)c2)nc(Cl)c1C1CC1. The first-order valence-electron chi connectivity index (χ1n) is 8.33. The molecule has 0 amide bonds. The van der Waals surface area contributed by atoms with Crippen LogP contribution in [0, 0.1) is 6.92 Å². The third-order valence-corrected chi connectivity index (χ3v) is 5.66. The summed E-state index contributed by atoms with van der Waals surface area (Å²) in [5, 5.41) is 4.46. The summed E-state index contributed by atoms with van der Waals surface area (Å²) >= 11 is 6.50. The molecule has 0 aliphatic heterocycles. The first kappa shape index (κ1) is 17.2. The molecule has 0 bridgehead atoms. The minimum Gasteiger partial charge on any atom is -0.274 e. The normalized spacial score (nSPS) is 15.0. The molecule has 1 atom stereocenters. The maximum absolute atomic E-state index is 12.5. The molecule has 6 nitrogen and oxygen atoms in total. The highest BCUT2D eigenvalue weighted by Gasteiger charge is 2.31. The third kappa shape index (κ3) is 3.37. The van der Waals surface area contributed by atoms with Crippen LogP contribution in [-0.2, 0) is 18.0 Å². The van der Waals surface area contributed by atoms with E-state index in [0.29, 0.717) is 16.0 Å². The molecule has 3 aromatic rings. The monoisotopic (exact) mass is 387 g/mol. The van der Waals surface area contributed by atoms with E-state index in [0.717, 1.165) is 35.2 Å². The van der Waals surface area contributed by atoms with Crippen molar-refractivity contribution in [1.29, 1.82) is 0 Å². The summed E-state index contributed by atoms with van der Waals surface area (Å²) in [5.74, 6) is 0.648. The minimum atomic E-state index is -1.51. The van der Waals surface area contributed by atoms with Crippen molar-refractivity contribution in [2.24, 2.45) is 7.05 Å². The maximum atomic E-state index is 12.5. The first-order chi connectivity index (χ1) is 12.5. The standard InChI is InChI=1S/C18H18ClN5OS/c1-11-5-3-4-6-14(11)16-15(12-7-8-12)17(19)22-18(21-16)23-26(25)13-9-20-24(2)10-13/h3-6,9-10,12H,7-8H2,1-2H3,(H,21,22,23). The van der Waals surface area contributed by atoms with Crippen molar-refractivity contribution in [3.63, 3.8) is 0 Å². The predicted octanol–water partition coefficient (Wildman–Crippen LogP) is 3.85. The van der Waals surface area contributed by atoms with Gasteiger partial charge in [-0.2, -0.15) is 5.10 Å². The van der Waals surface area contributed by atoms with E-state index < -0.39 is 11.0 Å². The molecule has 0 saturated heterocycles. The van der Waals surface area contributed by atoms with E-state index >= 15 is 0 Å². The van der Waals surface area contributed by atoms with Crippen LogP contribution in [0.3, 0.4) is 0 Å². The van der Waals surface area contributed by atoms with Crippen LogP contribution in [0.2, 0.25) is 5.15 Å². The van der Waals surface area contributed by atoms with Crippen molar-refractivity contribution in [2.45, 2.75) is 30.6 Å². The molecular formula is C18H18ClN5OS. The Morgan fingerprint density at radius 1 is 1.27 bits per heavy atom. The van der Waals surface area contributed by atoms with Gasteiger partial charge in [0.2, 0.25) is 5.95 Å². The quantitative estimate of drug-likeness (QED) is 0.675. The van der Waals surface area contributed by atoms with E-state index in [-0.39, 0.29) is 5.95 Å². The fourth-order valence-corrected chi connectivity index (χ4v) is 3.99. The number of benzene rings is 1. The number of aromatic nitrogens is 4. The number of halogens is 1. The number of hydrogen-bond acceptors (Lipinski definition) is 4. The van der Waals surface area contributed by atoms with Crippen LogP contribution in [0.4, 0.5) is 5.95 Å². The summed E-state index contributed by atoms with van der Waals surface area (Å²) in [7, 11) is 0.262. The molecule has 26 heavy (non-hydrogen) atoms. The molecule has 1 aliphatic rings. The van der Waals surface area contributed by atoms with Gasteiger partial charge in [-0.1, -0.05) is 35.9 Å². The van der Waals surface area contributed by atoms with Gasteiger partial charge in [0.1, 0.15) is 5.15 Å². The van der Waals surface area contributed by atoms with E-state index in [2.05, 4.69) is 19.8 Å². The average Bonchev–Trinajstić information content (AvgIpc) is 3.34. The average molecular weight is 388 g/mol. The summed E-state index contributed by atoms with van der Waals surface area (Å²) in [6.45, 7) is 2.04. The van der Waals surface area contributed by atoms with Crippen LogP contribution in [0.1, 0.15) is 29.9 Å². The Hall–Kier alpha value is -2.25. The third-order valence-electron chi connectivity index (χ3n) is 4.36. The predicted molar refractivity (Wildman–Crippen MR) is 102 cm³/mol. The van der Waals surface area contributed by atoms with Gasteiger partial charge in [-0.15, -0.1) is 0 Å². The second kappa shape index (κ2) is 6.81. The topological polar surface area (TPSA) is 72.7 Å². The van der Waals surface area contributed by atoms with Gasteiger partial charge in [0.25, 0.3) is 0 Å². The number of nitrogens with zero attached hydrogens (tertiary/aromatic N) is 4. The summed E-state index contributed by atoms with van der Waals surface area (Å²) < 4.78 is 16.9. The molecule has 1 fully saturated rings. The van der Waals surface area contributed by atoms with Crippen LogP contribution in [-0.4, -0.2) is 24.0 Å². The Morgan fingerprint density at radius 3 is 2.69 bits per heavy atom. The number of anilines is 1. The molecule has 1 aliphatic carbocycles. The lowest BCUT2D eigenvalue weighted by Crippen LogP contribution is -2.10. The Bertz CT molecular complexity index is 999. The van der Waals surface area contributed by atoms with E-state index in [1.807, 2.05) is 31.2 Å². The highest BCUT2D eigenvalue weighted by Crippen LogP contribution is 2.47. The van der Waals surface area contributed by atoms with Gasteiger partial charge in [0, 0.05) is 24.4 Å². The van der Waals surface area contributed by atoms with Gasteiger partial charge in [0.05, 0.1) is 16.8 Å². The van der Waals surface area contributed by atoms with Crippen molar-refractivity contribution in [1.82, 2.24) is 19.7 Å². The summed E-state index contributed by atoms with van der Waals surface area (Å²) in [4.78, 5) is 9.57. The van der Waals surface area contributed by atoms with E-state index in [1.54, 1.807) is 24.1 Å². The lowest BCUT2D eigenvalue weighted by atomic mass is 10.00. The zero-order valence-electron chi connectivity index (χ0n) is 14.4. The van der Waals surface area contributed by atoms with E-state index in [9.17, 15) is 4.21 Å². The lowest BCUT2D eigenvalue weighted by Gasteiger charge is -2.14. The smallest absolute Gasteiger partial charge is 0.237 e. The molecule has 134 valence electrons. The summed E-state index contributed by atoms with van der Waals surface area (Å²) in [6.07, 6.45) is 5.42. The molecule has 2 heterocycles. The lowest BCUT2D eigenvalue weighted by molar-refractivity contribution is 0.685. The fraction of sp³-hybridized carbons (Fsp3) is 0.278. The van der Waals surface area contributed by atoms with Crippen LogP contribution in [0.15, 0.2) is 41.6 Å². The Labute approximate surface area is 159 Å². The van der Waals surface area contributed by atoms with E-state index in [4.69, 9.17) is 11.6 Å². The van der Waals surface area contributed by atoms with Gasteiger partial charge in [-0.25, -0.2) is 14.2 Å². The number of aryl methyl sites for hydroxylation is 2. The molecule has 1 N–H and O–H groups in total. The number of hydrogen-bond donors (Lipinski definition) is 1. The molecule has 4 rings (SSSR count). The zero-order valence-corrected chi connectivity index (χ0v) is 16.0. The zero-order chi connectivity index (χ0) is 18.3. The van der Waals surface area contributed by atoms with Gasteiger partial charge < -0.3 is 0 Å². The largest absolute Gasteiger partial charge is 0.274 e. The second-order valence-electron chi connectivity index (χ2n) is 6.41. The first-order valence-corrected chi connectivity index (χ1v) is 9.86. The highest BCUT2D eigenvalue weighted by atomic mass is 35.5. The highest BCUT2D eigenvalue weighted by molar-refractivity contribution is 7.86. The molecule has 2 aromatic heterocycles. The van der Waals surface area contributed by atoms with Gasteiger partial charge in [-0.05, 0) is 31.2 Å². The van der Waals surface area contributed by atoms with E-state index in [1.165, 1.54) is 0 Å². The molecule has 8 heteroatoms. The van der Waals surface area contributed by atoms with Gasteiger partial charge in [0.15, 0.2) is 11.0 Å². The second-order valence-corrected chi connectivity index (χ2v) is 7.98. The summed E-state index contributed by atoms with van der Waals surface area (Å²) in [6, 6.07) is 8.05.